The molecule has 0 aromatic heterocycles. The van der Waals surface area contributed by atoms with E-state index < -0.39 is 26.5 Å². The molecule has 0 aromatic rings. The fraction of sp³-hybridized carbons (Fsp3) is 0.733. The summed E-state index contributed by atoms with van der Waals surface area (Å²) in [6, 6.07) is 0. The summed E-state index contributed by atoms with van der Waals surface area (Å²) in [7, 11) is -4.40. The molecule has 85 heavy (non-hydrogen) atoms. The average Bonchev–Trinajstić information content (AvgIpc) is 3.52. The summed E-state index contributed by atoms with van der Waals surface area (Å²) < 4.78 is 33.2. The van der Waals surface area contributed by atoms with Gasteiger partial charge in [0.15, 0.2) is 6.10 Å². The number of unbranched alkanes of at least 4 members (excludes halogenated alkanes) is 35. The highest BCUT2D eigenvalue weighted by Crippen LogP contribution is 2.43. The van der Waals surface area contributed by atoms with Crippen molar-refractivity contribution in [2.24, 2.45) is 5.73 Å². The van der Waals surface area contributed by atoms with Crippen LogP contribution in [-0.2, 0) is 32.7 Å². The topological polar surface area (TPSA) is 134 Å². The zero-order chi connectivity index (χ0) is 61.6. The van der Waals surface area contributed by atoms with E-state index in [2.05, 4.69) is 123 Å². The third kappa shape index (κ3) is 69.6. The molecule has 3 N–H and O–H groups in total. The lowest BCUT2D eigenvalue weighted by molar-refractivity contribution is -0.161. The number of esters is 2. The Morgan fingerprint density at radius 3 is 0.965 bits per heavy atom. The lowest BCUT2D eigenvalue weighted by Gasteiger charge is -2.19. The number of ether oxygens (including phenoxy) is 2. The van der Waals surface area contributed by atoms with Gasteiger partial charge in [0.1, 0.15) is 6.61 Å². The second-order valence-electron chi connectivity index (χ2n) is 23.4. The van der Waals surface area contributed by atoms with Crippen LogP contribution < -0.4 is 5.73 Å². The van der Waals surface area contributed by atoms with Gasteiger partial charge in [0, 0.05) is 19.4 Å². The van der Waals surface area contributed by atoms with E-state index >= 15 is 0 Å². The van der Waals surface area contributed by atoms with E-state index in [1.54, 1.807) is 0 Å². The van der Waals surface area contributed by atoms with Crippen molar-refractivity contribution in [3.05, 3.63) is 109 Å². The molecule has 0 aromatic carbocycles. The van der Waals surface area contributed by atoms with Crippen molar-refractivity contribution < 1.29 is 37.6 Å². The molecule has 0 amide bonds. The van der Waals surface area contributed by atoms with Crippen LogP contribution in [0, 0.1) is 0 Å². The second kappa shape index (κ2) is 69.8. The van der Waals surface area contributed by atoms with Crippen LogP contribution in [0.3, 0.4) is 0 Å². The highest BCUT2D eigenvalue weighted by molar-refractivity contribution is 7.47. The Labute approximate surface area is 524 Å². The molecule has 0 bridgehead atoms. The maximum absolute atomic E-state index is 12.8. The molecule has 0 aliphatic heterocycles. The van der Waals surface area contributed by atoms with Crippen molar-refractivity contribution >= 4 is 19.8 Å². The molecule has 0 aliphatic rings. The molecule has 2 atom stereocenters. The summed E-state index contributed by atoms with van der Waals surface area (Å²) in [5.41, 5.74) is 5.40. The summed E-state index contributed by atoms with van der Waals surface area (Å²) in [6.07, 6.45) is 96.1. The van der Waals surface area contributed by atoms with E-state index in [0.29, 0.717) is 6.42 Å². The highest BCUT2D eigenvalue weighted by Gasteiger charge is 2.26. The van der Waals surface area contributed by atoms with Gasteiger partial charge in [-0.25, -0.2) is 4.57 Å². The highest BCUT2D eigenvalue weighted by atomic mass is 31.2. The van der Waals surface area contributed by atoms with Crippen LogP contribution in [0.1, 0.15) is 322 Å². The summed E-state index contributed by atoms with van der Waals surface area (Å²) in [5.74, 6) is -0.828. The number of carbonyl (C=O) groups excluding carboxylic acids is 2. The summed E-state index contributed by atoms with van der Waals surface area (Å²) in [4.78, 5) is 35.4. The quantitative estimate of drug-likeness (QED) is 0.0264. The van der Waals surface area contributed by atoms with E-state index in [4.69, 9.17) is 24.3 Å². The molecule has 0 heterocycles. The molecule has 0 aliphatic carbocycles. The average molecular weight is 1210 g/mol. The zero-order valence-corrected chi connectivity index (χ0v) is 56.0. The van der Waals surface area contributed by atoms with E-state index in [1.165, 1.54) is 193 Å². The van der Waals surface area contributed by atoms with Crippen molar-refractivity contribution in [1.82, 2.24) is 0 Å². The molecule has 0 spiro atoms. The van der Waals surface area contributed by atoms with Crippen molar-refractivity contribution in [1.29, 1.82) is 0 Å². The molecule has 10 heteroatoms. The van der Waals surface area contributed by atoms with Crippen molar-refractivity contribution in [3.63, 3.8) is 0 Å². The van der Waals surface area contributed by atoms with Crippen molar-refractivity contribution in [2.45, 2.75) is 328 Å². The number of hydrogen-bond donors (Lipinski definition) is 2. The number of phosphoric ester groups is 1. The van der Waals surface area contributed by atoms with Crippen LogP contribution in [-0.4, -0.2) is 49.3 Å². The normalized spacial score (nSPS) is 13.6. The number of allylic oxidation sites excluding steroid dienone is 18. The second-order valence-corrected chi connectivity index (χ2v) is 24.8. The zero-order valence-electron chi connectivity index (χ0n) is 55.1. The predicted octanol–water partition coefficient (Wildman–Crippen LogP) is 23.3. The van der Waals surface area contributed by atoms with E-state index in [9.17, 15) is 19.0 Å². The van der Waals surface area contributed by atoms with Crippen molar-refractivity contribution in [2.75, 3.05) is 26.4 Å². The van der Waals surface area contributed by atoms with Gasteiger partial charge in [-0.05, 0) is 103 Å². The van der Waals surface area contributed by atoms with Crippen LogP contribution in [0.2, 0.25) is 0 Å². The summed E-state index contributed by atoms with van der Waals surface area (Å²) in [5, 5.41) is 0. The van der Waals surface area contributed by atoms with Gasteiger partial charge in [-0.2, -0.15) is 0 Å². The lowest BCUT2D eigenvalue weighted by Crippen LogP contribution is -2.29. The standard InChI is InChI=1S/C75H132NO8P/c1-3-5-7-9-11-13-15-17-19-21-23-25-27-29-31-33-35-36-38-39-41-43-45-47-49-51-53-55-57-59-61-63-65-67-74(77)81-71-73(72-83-85(79,80)82-70-69-76)84-75(78)68-66-64-62-60-58-56-54-52-50-48-46-44-42-40-37-34-32-30-28-26-24-22-20-18-16-14-12-10-8-6-4-2/h6,8,12,14-15,17-18,20-21,23-24,26,30,32,37,40,44,46,73H,3-5,7,9-11,13,16,19,22,25,27-29,31,33-36,38-39,41-43,45,47-72,76H2,1-2H3,(H,79,80)/b8-6-,14-12-,17-15-,20-18-,23-21-,26-24-,32-30-,40-37-,46-44-. The van der Waals surface area contributed by atoms with Crippen LogP contribution in [0.15, 0.2) is 109 Å². The molecular weight excluding hydrogens is 1070 g/mol. The van der Waals surface area contributed by atoms with E-state index in [1.807, 2.05) is 0 Å². The summed E-state index contributed by atoms with van der Waals surface area (Å²) in [6.45, 7) is 3.64. The van der Waals surface area contributed by atoms with Crippen LogP contribution in [0.25, 0.3) is 0 Å². The summed E-state index contributed by atoms with van der Waals surface area (Å²) >= 11 is 0. The van der Waals surface area contributed by atoms with Crippen molar-refractivity contribution in [3.8, 4) is 0 Å². The predicted molar refractivity (Wildman–Crippen MR) is 367 cm³/mol. The minimum Gasteiger partial charge on any atom is -0.462 e. The first-order valence-electron chi connectivity index (χ1n) is 35.4. The molecule has 0 saturated heterocycles. The van der Waals surface area contributed by atoms with Gasteiger partial charge in [-0.1, -0.05) is 316 Å². The number of rotatable bonds is 66. The van der Waals surface area contributed by atoms with Gasteiger partial charge in [0.25, 0.3) is 0 Å². The smallest absolute Gasteiger partial charge is 0.462 e. The molecule has 0 rings (SSSR count). The maximum atomic E-state index is 12.8. The van der Waals surface area contributed by atoms with Gasteiger partial charge in [-0.3, -0.25) is 18.6 Å². The van der Waals surface area contributed by atoms with Gasteiger partial charge < -0.3 is 20.1 Å². The molecule has 0 fully saturated rings. The van der Waals surface area contributed by atoms with Crippen LogP contribution in [0.4, 0.5) is 0 Å². The Kier molecular flexibility index (Phi) is 67.0. The Bertz CT molecular complexity index is 1760. The Morgan fingerprint density at radius 1 is 0.365 bits per heavy atom. The van der Waals surface area contributed by atoms with Crippen LogP contribution >= 0.6 is 7.82 Å². The molecule has 490 valence electrons. The van der Waals surface area contributed by atoms with Gasteiger partial charge in [-0.15, -0.1) is 0 Å². The largest absolute Gasteiger partial charge is 0.472 e. The van der Waals surface area contributed by atoms with E-state index in [0.717, 1.165) is 96.3 Å². The Hall–Kier alpha value is -3.33. The van der Waals surface area contributed by atoms with Gasteiger partial charge >= 0.3 is 19.8 Å². The first kappa shape index (κ1) is 81.7. The SMILES string of the molecule is CC/C=C\C/C=C\C/C=C\C/C=C\C/C=C\C/C=C\C/C=C\CCCCCCCCCCCC(=O)OC(COC(=O)CCCCCCCCCCCCCCCCCCCCCCC/C=C\C/C=C\CCCCCCC)COP(=O)(O)OCCN. The van der Waals surface area contributed by atoms with Gasteiger partial charge in [0.05, 0.1) is 13.2 Å². The fourth-order valence-corrected chi connectivity index (χ4v) is 10.7. The van der Waals surface area contributed by atoms with E-state index in [-0.39, 0.29) is 38.6 Å². The lowest BCUT2D eigenvalue weighted by atomic mass is 10.0. The van der Waals surface area contributed by atoms with Gasteiger partial charge in [0.2, 0.25) is 0 Å². The molecule has 0 saturated carbocycles. The minimum absolute atomic E-state index is 0.0489. The monoisotopic (exact) mass is 1210 g/mol. The number of carbonyl (C=O) groups is 2. The van der Waals surface area contributed by atoms with Crippen LogP contribution in [0.5, 0.6) is 0 Å². The first-order chi connectivity index (χ1) is 41.8. The molecular formula is C75H132NO8P. The number of hydrogen-bond acceptors (Lipinski definition) is 8. The third-order valence-corrected chi connectivity index (χ3v) is 16.1. The maximum Gasteiger partial charge on any atom is 0.472 e. The number of nitrogens with two attached hydrogens (primary N) is 1. The molecule has 0 radical (unpaired) electrons. The third-order valence-electron chi connectivity index (χ3n) is 15.1. The molecule has 2 unspecified atom stereocenters. The Morgan fingerprint density at radius 2 is 0.647 bits per heavy atom. The fourth-order valence-electron chi connectivity index (χ4n) is 9.94. The first-order valence-corrected chi connectivity index (χ1v) is 36.9. The molecule has 9 nitrogen and oxygen atoms in total. The minimum atomic E-state index is -4.40. The Balaban J connectivity index is 3.89. The number of phosphoric acid groups is 1.